The van der Waals surface area contributed by atoms with Crippen molar-refractivity contribution in [3.8, 4) is 17.2 Å². The van der Waals surface area contributed by atoms with Gasteiger partial charge < -0.3 is 19.9 Å². The highest BCUT2D eigenvalue weighted by Gasteiger charge is 2.23. The average Bonchev–Trinajstić information content (AvgIpc) is 3.25. The smallest absolute Gasteiger partial charge is 0.152 e. The molecule has 0 fully saturated rings. The predicted molar refractivity (Wildman–Crippen MR) is 155 cm³/mol. The van der Waals surface area contributed by atoms with E-state index in [1.807, 2.05) is 37.3 Å². The molecule has 0 amide bonds. The monoisotopic (exact) mass is 525 g/mol. The van der Waals surface area contributed by atoms with Crippen LogP contribution in [0.2, 0.25) is 0 Å². The molecule has 5 aromatic rings. The lowest BCUT2D eigenvalue weighted by atomic mass is 10.1. The molecule has 0 radical (unpaired) electrons. The summed E-state index contributed by atoms with van der Waals surface area (Å²) in [5.41, 5.74) is 13.9. The molecule has 0 aliphatic heterocycles. The van der Waals surface area contributed by atoms with Crippen molar-refractivity contribution in [3.05, 3.63) is 76.7 Å². The molecule has 5 rings (SSSR count). The van der Waals surface area contributed by atoms with Crippen LogP contribution in [0.15, 0.2) is 48.8 Å². The third-order valence-electron chi connectivity index (χ3n) is 7.15. The van der Waals surface area contributed by atoms with Crippen molar-refractivity contribution in [1.82, 2.24) is 19.5 Å². The zero-order chi connectivity index (χ0) is 27.7. The summed E-state index contributed by atoms with van der Waals surface area (Å²) in [5, 5.41) is 1.69. The maximum Gasteiger partial charge on any atom is 0.152 e. The highest BCUT2D eigenvalue weighted by Crippen LogP contribution is 2.38. The first-order valence-corrected chi connectivity index (χ1v) is 13.2. The fraction of sp³-hybridized carbons (Fsp3) is 0.323. The molecule has 1 unspecified atom stereocenters. The van der Waals surface area contributed by atoms with Crippen molar-refractivity contribution in [3.63, 3.8) is 0 Å². The van der Waals surface area contributed by atoms with E-state index in [-0.39, 0.29) is 6.10 Å². The van der Waals surface area contributed by atoms with Gasteiger partial charge in [0.2, 0.25) is 0 Å². The Hall–Kier alpha value is -4.17. The minimum absolute atomic E-state index is 0.0933. The van der Waals surface area contributed by atoms with Gasteiger partial charge in [-0.2, -0.15) is 0 Å². The van der Waals surface area contributed by atoms with E-state index in [9.17, 15) is 0 Å². The molecule has 3 aromatic heterocycles. The number of ether oxygens (including phenoxy) is 3. The van der Waals surface area contributed by atoms with E-state index in [0.29, 0.717) is 24.7 Å². The summed E-state index contributed by atoms with van der Waals surface area (Å²) in [4.78, 5) is 14.1. The van der Waals surface area contributed by atoms with Crippen molar-refractivity contribution >= 4 is 27.9 Å². The van der Waals surface area contributed by atoms with Crippen LogP contribution in [0.25, 0.3) is 27.8 Å². The minimum atomic E-state index is -0.0933. The Labute approximate surface area is 228 Å². The number of aryl methyl sites for hydroxylation is 2. The van der Waals surface area contributed by atoms with Crippen LogP contribution in [0.3, 0.4) is 0 Å². The topological polar surface area (TPSA) is 97.3 Å². The first-order valence-electron chi connectivity index (χ1n) is 13.2. The van der Waals surface area contributed by atoms with Crippen LogP contribution in [0.5, 0.6) is 11.5 Å². The van der Waals surface area contributed by atoms with E-state index in [0.717, 1.165) is 68.0 Å². The Kier molecular flexibility index (Phi) is 7.39. The maximum atomic E-state index is 6.44. The van der Waals surface area contributed by atoms with Crippen LogP contribution in [-0.2, 0) is 11.3 Å². The maximum absolute atomic E-state index is 6.44. The van der Waals surface area contributed by atoms with E-state index in [2.05, 4.69) is 54.4 Å². The van der Waals surface area contributed by atoms with E-state index in [1.54, 1.807) is 7.11 Å². The van der Waals surface area contributed by atoms with Crippen LogP contribution in [0, 0.1) is 20.8 Å². The largest absolute Gasteiger partial charge is 0.497 e. The van der Waals surface area contributed by atoms with Crippen molar-refractivity contribution in [2.24, 2.45) is 0 Å². The van der Waals surface area contributed by atoms with E-state index >= 15 is 0 Å². The summed E-state index contributed by atoms with van der Waals surface area (Å²) < 4.78 is 19.7. The fourth-order valence-electron chi connectivity index (χ4n) is 5.09. The molecule has 0 aliphatic rings. The van der Waals surface area contributed by atoms with Crippen LogP contribution in [0.4, 0.5) is 5.82 Å². The van der Waals surface area contributed by atoms with Crippen molar-refractivity contribution in [1.29, 1.82) is 0 Å². The summed E-state index contributed by atoms with van der Waals surface area (Å²) >= 11 is 0. The molecule has 3 heterocycles. The number of hydrogen-bond donors (Lipinski definition) is 1. The second kappa shape index (κ2) is 10.9. The Morgan fingerprint density at radius 1 is 1.00 bits per heavy atom. The highest BCUT2D eigenvalue weighted by molar-refractivity contribution is 6.11. The Morgan fingerprint density at radius 2 is 1.77 bits per heavy atom. The number of hydrogen-bond acceptors (Lipinski definition) is 7. The van der Waals surface area contributed by atoms with Crippen molar-refractivity contribution < 1.29 is 14.2 Å². The molecule has 0 saturated heterocycles. The first kappa shape index (κ1) is 26.4. The molecule has 0 bridgehead atoms. The van der Waals surface area contributed by atoms with Crippen LogP contribution in [0.1, 0.15) is 54.3 Å². The molecule has 1 atom stereocenters. The lowest BCUT2D eigenvalue weighted by Gasteiger charge is -2.18. The number of pyridine rings is 1. The number of aromatic nitrogens is 4. The molecule has 39 heavy (non-hydrogen) atoms. The zero-order valence-corrected chi connectivity index (χ0v) is 23.4. The van der Waals surface area contributed by atoms with Gasteiger partial charge >= 0.3 is 0 Å². The first-order chi connectivity index (χ1) is 18.8. The minimum Gasteiger partial charge on any atom is -0.497 e. The second-order valence-electron chi connectivity index (χ2n) is 9.83. The van der Waals surface area contributed by atoms with E-state index in [1.165, 1.54) is 6.33 Å². The van der Waals surface area contributed by atoms with E-state index in [4.69, 9.17) is 24.9 Å². The lowest BCUT2D eigenvalue weighted by Crippen LogP contribution is -2.07. The molecule has 0 spiro atoms. The molecule has 2 aromatic carbocycles. The number of anilines is 1. The molecule has 2 N–H and O–H groups in total. The quantitative estimate of drug-likeness (QED) is 0.233. The summed E-state index contributed by atoms with van der Waals surface area (Å²) in [6.07, 6.45) is 2.36. The summed E-state index contributed by atoms with van der Waals surface area (Å²) in [6.45, 7) is 11.5. The molecular weight excluding hydrogens is 490 g/mol. The van der Waals surface area contributed by atoms with Crippen LogP contribution in [-0.4, -0.2) is 33.2 Å². The number of rotatable bonds is 9. The lowest BCUT2D eigenvalue weighted by molar-refractivity contribution is 0.0657. The number of methoxy groups -OCH3 is 1. The van der Waals surface area contributed by atoms with Gasteiger partial charge in [0.1, 0.15) is 35.9 Å². The van der Waals surface area contributed by atoms with Gasteiger partial charge in [-0.05, 0) is 69.5 Å². The molecule has 8 nitrogen and oxygen atoms in total. The highest BCUT2D eigenvalue weighted by atomic mass is 16.5. The number of nitrogens with zero attached hydrogens (tertiary/aromatic N) is 4. The molecule has 8 heteroatoms. The van der Waals surface area contributed by atoms with Crippen LogP contribution >= 0.6 is 0 Å². The van der Waals surface area contributed by atoms with Gasteiger partial charge in [-0.15, -0.1) is 0 Å². The fourth-order valence-corrected chi connectivity index (χ4v) is 5.09. The molecule has 0 saturated carbocycles. The number of fused-ring (bicyclic) bond motifs is 3. The molecular formula is C31H35N5O3. The third kappa shape index (κ3) is 4.88. The SMILES string of the molecule is CCCOC(C)c1cc2c3c(N)ncnc3n(-c3c(C)ccc(OCc4ccc(OC)cc4)c3C)c2nc1C. The summed E-state index contributed by atoms with van der Waals surface area (Å²) in [5.74, 6) is 2.03. The van der Waals surface area contributed by atoms with Gasteiger partial charge in [0.15, 0.2) is 5.65 Å². The summed E-state index contributed by atoms with van der Waals surface area (Å²) in [7, 11) is 1.66. The van der Waals surface area contributed by atoms with Crippen molar-refractivity contribution in [2.75, 3.05) is 19.5 Å². The second-order valence-corrected chi connectivity index (χ2v) is 9.83. The number of nitrogen functional groups attached to an aromatic ring is 1. The van der Waals surface area contributed by atoms with Crippen molar-refractivity contribution in [2.45, 2.75) is 53.8 Å². The van der Waals surface area contributed by atoms with Gasteiger partial charge in [-0.3, -0.25) is 4.57 Å². The normalized spacial score (nSPS) is 12.3. The van der Waals surface area contributed by atoms with Crippen LogP contribution < -0.4 is 15.2 Å². The Bertz CT molecular complexity index is 1640. The third-order valence-corrected chi connectivity index (χ3v) is 7.15. The van der Waals surface area contributed by atoms with E-state index < -0.39 is 0 Å². The Balaban J connectivity index is 1.65. The van der Waals surface area contributed by atoms with Gasteiger partial charge in [-0.25, -0.2) is 15.0 Å². The van der Waals surface area contributed by atoms with Gasteiger partial charge in [0.25, 0.3) is 0 Å². The predicted octanol–water partition coefficient (Wildman–Crippen LogP) is 6.55. The molecule has 202 valence electrons. The zero-order valence-electron chi connectivity index (χ0n) is 23.4. The standard InChI is InChI=1S/C31H35N5O3/c1-7-14-38-21(5)24-15-25-27-29(32)33-17-34-31(27)36(30(25)35-20(24)4)28-18(2)8-13-26(19(28)3)39-16-22-9-11-23(37-6)12-10-22/h8-13,15,17,21H,7,14,16H2,1-6H3,(H2,32,33,34). The Morgan fingerprint density at radius 3 is 2.49 bits per heavy atom. The average molecular weight is 526 g/mol. The van der Waals surface area contributed by atoms with Gasteiger partial charge in [-0.1, -0.05) is 25.1 Å². The summed E-state index contributed by atoms with van der Waals surface area (Å²) in [6, 6.07) is 14.1. The number of benzene rings is 2. The van der Waals surface area contributed by atoms with Gasteiger partial charge in [0, 0.05) is 28.8 Å². The number of nitrogens with two attached hydrogens (primary N) is 1. The molecule has 0 aliphatic carbocycles. The van der Waals surface area contributed by atoms with Gasteiger partial charge in [0.05, 0.1) is 24.3 Å².